The van der Waals surface area contributed by atoms with Crippen molar-refractivity contribution in [1.82, 2.24) is 0 Å². The molecule has 0 aliphatic carbocycles. The quantitative estimate of drug-likeness (QED) is 0.760. The number of likely N-dealkylation sites (N-methyl/N-ethyl adjacent to an activating group) is 1. The zero-order valence-electron chi connectivity index (χ0n) is 11.3. The maximum absolute atomic E-state index is 13.8. The van der Waals surface area contributed by atoms with Crippen molar-refractivity contribution in [2.75, 3.05) is 31.2 Å². The van der Waals surface area contributed by atoms with Gasteiger partial charge >= 0.3 is 0 Å². The Bertz CT molecular complexity index is 369. The summed E-state index contributed by atoms with van der Waals surface area (Å²) in [6.07, 6.45) is -0.817. The average Bonchev–Trinajstić information content (AvgIpc) is 2.34. The Hall–Kier alpha value is -1.13. The topological polar surface area (TPSA) is 32.7 Å². The third-order valence-electron chi connectivity index (χ3n) is 2.88. The fourth-order valence-corrected chi connectivity index (χ4v) is 1.98. The molecular formula is C14H22FNO2. The van der Waals surface area contributed by atoms with Crippen molar-refractivity contribution in [1.29, 1.82) is 0 Å². The molecule has 0 radical (unpaired) electrons. The number of hydrogen-bond donors (Lipinski definition) is 1. The second-order valence-corrected chi connectivity index (χ2v) is 4.13. The summed E-state index contributed by atoms with van der Waals surface area (Å²) in [7, 11) is 0. The van der Waals surface area contributed by atoms with Crippen LogP contribution in [0.1, 0.15) is 32.4 Å². The molecule has 0 spiro atoms. The molecule has 0 saturated heterocycles. The number of hydrogen-bond acceptors (Lipinski definition) is 3. The molecule has 0 bridgehead atoms. The fourth-order valence-electron chi connectivity index (χ4n) is 1.98. The second-order valence-electron chi connectivity index (χ2n) is 4.13. The molecule has 1 atom stereocenters. The molecule has 0 amide bonds. The van der Waals surface area contributed by atoms with E-state index in [-0.39, 0.29) is 5.82 Å². The van der Waals surface area contributed by atoms with Crippen LogP contribution in [0.2, 0.25) is 0 Å². The Balaban J connectivity index is 2.94. The van der Waals surface area contributed by atoms with Crippen LogP contribution >= 0.6 is 0 Å². The largest absolute Gasteiger partial charge is 0.389 e. The Morgan fingerprint density at radius 1 is 1.39 bits per heavy atom. The van der Waals surface area contributed by atoms with Crippen LogP contribution in [0.15, 0.2) is 18.2 Å². The molecule has 1 unspecified atom stereocenters. The number of halogens is 1. The van der Waals surface area contributed by atoms with E-state index in [9.17, 15) is 9.50 Å². The van der Waals surface area contributed by atoms with Gasteiger partial charge in [-0.25, -0.2) is 4.39 Å². The molecule has 0 heterocycles. The maximum Gasteiger partial charge on any atom is 0.131 e. The monoisotopic (exact) mass is 255 g/mol. The molecular weight excluding hydrogens is 233 g/mol. The van der Waals surface area contributed by atoms with Gasteiger partial charge in [0.2, 0.25) is 0 Å². The zero-order chi connectivity index (χ0) is 13.5. The Labute approximate surface area is 108 Å². The summed E-state index contributed by atoms with van der Waals surface area (Å²) in [6.45, 7) is 8.23. The third-order valence-corrected chi connectivity index (χ3v) is 2.88. The van der Waals surface area contributed by atoms with E-state index in [0.717, 1.165) is 12.2 Å². The minimum atomic E-state index is -0.817. The highest BCUT2D eigenvalue weighted by atomic mass is 19.1. The lowest BCUT2D eigenvalue weighted by molar-refractivity contribution is 0.153. The van der Waals surface area contributed by atoms with Gasteiger partial charge in [0.1, 0.15) is 5.82 Å². The van der Waals surface area contributed by atoms with Crippen molar-refractivity contribution >= 4 is 5.69 Å². The first-order valence-electron chi connectivity index (χ1n) is 6.40. The van der Waals surface area contributed by atoms with Crippen LogP contribution in [0.4, 0.5) is 10.1 Å². The van der Waals surface area contributed by atoms with E-state index < -0.39 is 6.10 Å². The second kappa shape index (κ2) is 7.34. The predicted octanol–water partition coefficient (Wildman–Crippen LogP) is 2.74. The molecule has 1 rings (SSSR count). The minimum absolute atomic E-state index is 0.357. The van der Waals surface area contributed by atoms with Crippen molar-refractivity contribution in [2.24, 2.45) is 0 Å². The van der Waals surface area contributed by atoms with Crippen molar-refractivity contribution in [3.8, 4) is 0 Å². The van der Waals surface area contributed by atoms with Crippen LogP contribution in [0.25, 0.3) is 0 Å². The van der Waals surface area contributed by atoms with Crippen LogP contribution in [-0.2, 0) is 4.74 Å². The van der Waals surface area contributed by atoms with E-state index in [0.29, 0.717) is 25.3 Å². The maximum atomic E-state index is 13.8. The lowest BCUT2D eigenvalue weighted by Crippen LogP contribution is -2.28. The summed E-state index contributed by atoms with van der Waals surface area (Å²) >= 11 is 0. The van der Waals surface area contributed by atoms with Crippen molar-refractivity contribution in [2.45, 2.75) is 26.9 Å². The average molecular weight is 255 g/mol. The van der Waals surface area contributed by atoms with E-state index in [1.54, 1.807) is 13.0 Å². The third kappa shape index (κ3) is 3.68. The van der Waals surface area contributed by atoms with Gasteiger partial charge in [0.25, 0.3) is 0 Å². The van der Waals surface area contributed by atoms with Gasteiger partial charge in [0.05, 0.1) is 12.7 Å². The van der Waals surface area contributed by atoms with Crippen LogP contribution in [0.3, 0.4) is 0 Å². The lowest BCUT2D eigenvalue weighted by Gasteiger charge is -2.26. The first-order valence-corrected chi connectivity index (χ1v) is 6.40. The number of aliphatic hydroxyl groups excluding tert-OH is 1. The summed E-state index contributed by atoms with van der Waals surface area (Å²) in [4.78, 5) is 2.01. The van der Waals surface area contributed by atoms with Gasteiger partial charge in [0.15, 0.2) is 0 Å². The normalized spacial score (nSPS) is 12.5. The summed E-state index contributed by atoms with van der Waals surface area (Å²) in [5.41, 5.74) is 1.10. The van der Waals surface area contributed by atoms with Crippen LogP contribution < -0.4 is 4.90 Å². The highest BCUT2D eigenvalue weighted by Crippen LogP contribution is 2.28. The van der Waals surface area contributed by atoms with Crippen LogP contribution in [-0.4, -0.2) is 31.4 Å². The fraction of sp³-hybridized carbons (Fsp3) is 0.571. The van der Waals surface area contributed by atoms with E-state index >= 15 is 0 Å². The number of nitrogens with zero attached hydrogens (tertiary/aromatic N) is 1. The Kier molecular flexibility index (Phi) is 6.09. The van der Waals surface area contributed by atoms with Crippen molar-refractivity contribution in [3.05, 3.63) is 29.6 Å². The SMILES string of the molecule is CCOCCN(CC)c1cccc(F)c1C(C)O. The summed E-state index contributed by atoms with van der Waals surface area (Å²) < 4.78 is 19.1. The molecule has 1 aromatic rings. The summed E-state index contributed by atoms with van der Waals surface area (Å²) in [5.74, 6) is -0.364. The minimum Gasteiger partial charge on any atom is -0.389 e. The van der Waals surface area contributed by atoms with Crippen LogP contribution in [0.5, 0.6) is 0 Å². The molecule has 0 aliphatic heterocycles. The van der Waals surface area contributed by atoms with Gasteiger partial charge in [-0.15, -0.1) is 0 Å². The number of benzene rings is 1. The smallest absolute Gasteiger partial charge is 0.131 e. The van der Waals surface area contributed by atoms with Gasteiger partial charge in [-0.05, 0) is 32.9 Å². The van der Waals surface area contributed by atoms with E-state index in [1.165, 1.54) is 6.07 Å². The highest BCUT2D eigenvalue weighted by molar-refractivity contribution is 5.55. The summed E-state index contributed by atoms with van der Waals surface area (Å²) in [5, 5.41) is 9.70. The van der Waals surface area contributed by atoms with Gasteiger partial charge in [0, 0.05) is 30.9 Å². The molecule has 0 saturated carbocycles. The number of ether oxygens (including phenoxy) is 1. The van der Waals surface area contributed by atoms with E-state index in [2.05, 4.69) is 0 Å². The van der Waals surface area contributed by atoms with Crippen molar-refractivity contribution in [3.63, 3.8) is 0 Å². The molecule has 0 aromatic heterocycles. The Morgan fingerprint density at radius 2 is 2.11 bits per heavy atom. The summed E-state index contributed by atoms with van der Waals surface area (Å²) in [6, 6.07) is 4.88. The molecule has 0 aliphatic rings. The number of rotatable bonds is 7. The molecule has 1 aromatic carbocycles. The first-order chi connectivity index (χ1) is 8.61. The lowest BCUT2D eigenvalue weighted by atomic mass is 10.1. The van der Waals surface area contributed by atoms with Gasteiger partial charge in [-0.3, -0.25) is 0 Å². The van der Waals surface area contributed by atoms with E-state index in [4.69, 9.17) is 4.74 Å². The zero-order valence-corrected chi connectivity index (χ0v) is 11.3. The first kappa shape index (κ1) is 14.9. The molecule has 1 N–H and O–H groups in total. The number of aliphatic hydroxyl groups is 1. The predicted molar refractivity (Wildman–Crippen MR) is 71.4 cm³/mol. The molecule has 18 heavy (non-hydrogen) atoms. The molecule has 4 heteroatoms. The van der Waals surface area contributed by atoms with Gasteiger partial charge < -0.3 is 14.7 Å². The molecule has 102 valence electrons. The molecule has 0 fully saturated rings. The Morgan fingerprint density at radius 3 is 2.67 bits per heavy atom. The highest BCUT2D eigenvalue weighted by Gasteiger charge is 2.17. The van der Waals surface area contributed by atoms with E-state index in [1.807, 2.05) is 24.8 Å². The van der Waals surface area contributed by atoms with Crippen molar-refractivity contribution < 1.29 is 14.2 Å². The molecule has 3 nitrogen and oxygen atoms in total. The standard InChI is InChI=1S/C14H22FNO2/c1-4-16(9-10-18-5-2)13-8-6-7-12(15)14(13)11(3)17/h6-8,11,17H,4-5,9-10H2,1-3H3. The number of anilines is 1. The van der Waals surface area contributed by atoms with Gasteiger partial charge in [-0.1, -0.05) is 6.07 Å². The van der Waals surface area contributed by atoms with Gasteiger partial charge in [-0.2, -0.15) is 0 Å². The van der Waals surface area contributed by atoms with Crippen LogP contribution in [0, 0.1) is 5.82 Å².